The number of thiazole rings is 1. The van der Waals surface area contributed by atoms with Crippen molar-refractivity contribution >= 4 is 17.2 Å². The summed E-state index contributed by atoms with van der Waals surface area (Å²) in [6.07, 6.45) is 3.43. The van der Waals surface area contributed by atoms with Crippen molar-refractivity contribution in [2.75, 3.05) is 13.2 Å². The molecule has 0 saturated carbocycles. The topological polar surface area (TPSA) is 71.5 Å². The zero-order valence-electron chi connectivity index (χ0n) is 19.0. The Kier molecular flexibility index (Phi) is 5.50. The molecule has 176 valence electrons. The Morgan fingerprint density at radius 3 is 2.83 bits per heavy atom. The molecule has 6 rings (SSSR count). The molecule has 2 atom stereocenters. The molecule has 0 spiro atoms. The second kappa shape index (κ2) is 8.83. The molecule has 9 heteroatoms. The number of benzene rings is 2. The van der Waals surface area contributed by atoms with Gasteiger partial charge in [-0.1, -0.05) is 24.3 Å². The first-order chi connectivity index (χ1) is 17.1. The van der Waals surface area contributed by atoms with Gasteiger partial charge < -0.3 is 4.74 Å². The number of fused-ring (bicyclic) bond motifs is 3. The van der Waals surface area contributed by atoms with Crippen molar-refractivity contribution in [2.24, 2.45) is 5.92 Å². The SMILES string of the molecule is Cc1nc(C(=O)N2C[C@@H]3COc4cc(F)ccc4[C@@H]3N2Cc2cccc(-c3ncccn3)c2)cs1. The molecule has 0 unspecified atom stereocenters. The molecule has 2 aliphatic rings. The monoisotopic (exact) mass is 487 g/mol. The third-order valence-corrected chi connectivity index (χ3v) is 7.17. The zero-order chi connectivity index (χ0) is 23.9. The Morgan fingerprint density at radius 1 is 1.17 bits per heavy atom. The second-order valence-corrected chi connectivity index (χ2v) is 9.77. The number of aromatic nitrogens is 3. The maximum absolute atomic E-state index is 13.9. The lowest BCUT2D eigenvalue weighted by molar-refractivity contribution is -0.00632. The largest absolute Gasteiger partial charge is 0.493 e. The number of hydrogen-bond donors (Lipinski definition) is 0. The van der Waals surface area contributed by atoms with Crippen molar-refractivity contribution in [3.05, 3.63) is 94.0 Å². The van der Waals surface area contributed by atoms with Gasteiger partial charge in [0.1, 0.15) is 17.3 Å². The van der Waals surface area contributed by atoms with E-state index in [0.29, 0.717) is 37.0 Å². The van der Waals surface area contributed by atoms with Gasteiger partial charge in [0.15, 0.2) is 5.82 Å². The van der Waals surface area contributed by atoms with Crippen LogP contribution in [0.5, 0.6) is 5.75 Å². The molecular formula is C26H22FN5O2S. The van der Waals surface area contributed by atoms with Gasteiger partial charge in [0.2, 0.25) is 0 Å². The zero-order valence-corrected chi connectivity index (χ0v) is 19.8. The van der Waals surface area contributed by atoms with E-state index in [0.717, 1.165) is 21.7 Å². The second-order valence-electron chi connectivity index (χ2n) is 8.71. The van der Waals surface area contributed by atoms with Crippen LogP contribution in [0.25, 0.3) is 11.4 Å². The molecule has 2 aromatic heterocycles. The van der Waals surface area contributed by atoms with E-state index in [1.165, 1.54) is 23.5 Å². The molecule has 0 aliphatic carbocycles. The van der Waals surface area contributed by atoms with E-state index in [1.54, 1.807) is 34.9 Å². The van der Waals surface area contributed by atoms with Gasteiger partial charge >= 0.3 is 0 Å². The van der Waals surface area contributed by atoms with Crippen molar-refractivity contribution in [3.63, 3.8) is 0 Å². The Hall–Kier alpha value is -3.69. The van der Waals surface area contributed by atoms with Gasteiger partial charge in [-0.2, -0.15) is 0 Å². The number of aryl methyl sites for hydroxylation is 1. The average molecular weight is 488 g/mol. The van der Waals surface area contributed by atoms with Gasteiger partial charge in [0, 0.05) is 54.0 Å². The molecule has 4 aromatic rings. The van der Waals surface area contributed by atoms with Crippen LogP contribution in [-0.2, 0) is 6.54 Å². The normalized spacial score (nSPS) is 19.2. The van der Waals surface area contributed by atoms with E-state index in [1.807, 2.05) is 31.2 Å². The lowest BCUT2D eigenvalue weighted by Crippen LogP contribution is -2.42. The van der Waals surface area contributed by atoms with E-state index in [2.05, 4.69) is 20.0 Å². The van der Waals surface area contributed by atoms with Gasteiger partial charge in [-0.3, -0.25) is 9.80 Å². The van der Waals surface area contributed by atoms with E-state index in [9.17, 15) is 9.18 Å². The van der Waals surface area contributed by atoms with E-state index >= 15 is 0 Å². The molecular weight excluding hydrogens is 465 g/mol. The first kappa shape index (κ1) is 21.8. The number of halogens is 1. The summed E-state index contributed by atoms with van der Waals surface area (Å²) in [7, 11) is 0. The molecule has 1 saturated heterocycles. The summed E-state index contributed by atoms with van der Waals surface area (Å²) in [6.45, 7) is 3.28. The molecule has 1 amide bonds. The van der Waals surface area contributed by atoms with Crippen LogP contribution in [0.1, 0.15) is 32.7 Å². The van der Waals surface area contributed by atoms with Crippen LogP contribution in [0.3, 0.4) is 0 Å². The Morgan fingerprint density at radius 2 is 2.03 bits per heavy atom. The summed E-state index contributed by atoms with van der Waals surface area (Å²) >= 11 is 1.45. The van der Waals surface area contributed by atoms with Crippen molar-refractivity contribution in [3.8, 4) is 17.1 Å². The summed E-state index contributed by atoms with van der Waals surface area (Å²) in [5.41, 5.74) is 3.23. The molecule has 2 aliphatic heterocycles. The highest BCUT2D eigenvalue weighted by molar-refractivity contribution is 7.09. The Bertz CT molecular complexity index is 1400. The number of amides is 1. The fourth-order valence-corrected chi connectivity index (χ4v) is 5.46. The smallest absolute Gasteiger partial charge is 0.287 e. The number of hydrogen-bond acceptors (Lipinski definition) is 7. The van der Waals surface area contributed by atoms with Crippen LogP contribution < -0.4 is 4.74 Å². The lowest BCUT2D eigenvalue weighted by atomic mass is 9.91. The van der Waals surface area contributed by atoms with Gasteiger partial charge in [-0.05, 0) is 30.7 Å². The van der Waals surface area contributed by atoms with Crippen molar-refractivity contribution in [2.45, 2.75) is 19.5 Å². The fraction of sp³-hybridized carbons (Fsp3) is 0.231. The third-order valence-electron chi connectivity index (χ3n) is 6.40. The van der Waals surface area contributed by atoms with Gasteiger partial charge in [0.05, 0.1) is 17.7 Å². The fourth-order valence-electron chi connectivity index (χ4n) is 4.87. The van der Waals surface area contributed by atoms with Crippen LogP contribution in [0, 0.1) is 18.7 Å². The molecule has 0 radical (unpaired) electrons. The minimum atomic E-state index is -0.340. The minimum Gasteiger partial charge on any atom is -0.493 e. The van der Waals surface area contributed by atoms with Crippen LogP contribution in [0.4, 0.5) is 4.39 Å². The highest BCUT2D eigenvalue weighted by Gasteiger charge is 2.47. The first-order valence-electron chi connectivity index (χ1n) is 11.4. The summed E-state index contributed by atoms with van der Waals surface area (Å²) < 4.78 is 19.8. The summed E-state index contributed by atoms with van der Waals surface area (Å²) in [5.74, 6) is 0.744. The molecule has 4 heterocycles. The maximum atomic E-state index is 13.9. The summed E-state index contributed by atoms with van der Waals surface area (Å²) in [4.78, 5) is 26.7. The van der Waals surface area contributed by atoms with Crippen LogP contribution in [-0.4, -0.2) is 44.0 Å². The Labute approximate surface area is 205 Å². The highest BCUT2D eigenvalue weighted by atomic mass is 32.1. The third kappa shape index (κ3) is 4.06. The standard InChI is InChI=1S/C26H22FN5O2S/c1-16-30-22(15-35-16)26(33)32-13-19-14-34-23-11-20(27)6-7-21(23)24(19)31(32)12-17-4-2-5-18(10-17)25-28-8-3-9-29-25/h2-11,15,19,24H,12-14H2,1H3/t19-,24-/m1/s1. The lowest BCUT2D eigenvalue weighted by Gasteiger charge is -2.35. The van der Waals surface area contributed by atoms with Gasteiger partial charge in [-0.15, -0.1) is 11.3 Å². The summed E-state index contributed by atoms with van der Waals surface area (Å²) in [5, 5.41) is 6.49. The van der Waals surface area contributed by atoms with Crippen LogP contribution >= 0.6 is 11.3 Å². The van der Waals surface area contributed by atoms with E-state index in [-0.39, 0.29) is 23.7 Å². The van der Waals surface area contributed by atoms with Gasteiger partial charge in [0.25, 0.3) is 5.91 Å². The van der Waals surface area contributed by atoms with Crippen molar-refractivity contribution in [1.82, 2.24) is 25.0 Å². The molecule has 35 heavy (non-hydrogen) atoms. The number of ether oxygens (including phenoxy) is 1. The molecule has 7 nitrogen and oxygen atoms in total. The quantitative estimate of drug-likeness (QED) is 0.417. The summed E-state index contributed by atoms with van der Waals surface area (Å²) in [6, 6.07) is 14.3. The van der Waals surface area contributed by atoms with Crippen LogP contribution in [0.2, 0.25) is 0 Å². The van der Waals surface area contributed by atoms with E-state index in [4.69, 9.17) is 4.74 Å². The highest BCUT2D eigenvalue weighted by Crippen LogP contribution is 2.45. The van der Waals surface area contributed by atoms with Crippen molar-refractivity contribution < 1.29 is 13.9 Å². The van der Waals surface area contributed by atoms with Gasteiger partial charge in [-0.25, -0.2) is 24.4 Å². The molecule has 2 aromatic carbocycles. The predicted octanol–water partition coefficient (Wildman–Crippen LogP) is 4.67. The molecule has 0 bridgehead atoms. The Balaban J connectivity index is 1.39. The first-order valence-corrected chi connectivity index (χ1v) is 12.2. The number of nitrogens with zero attached hydrogens (tertiary/aromatic N) is 5. The van der Waals surface area contributed by atoms with Crippen LogP contribution in [0.15, 0.2) is 66.3 Å². The molecule has 0 N–H and O–H groups in total. The molecule has 1 fully saturated rings. The van der Waals surface area contributed by atoms with Crippen molar-refractivity contribution in [1.29, 1.82) is 0 Å². The average Bonchev–Trinajstić information content (AvgIpc) is 3.48. The number of carbonyl (C=O) groups excluding carboxylic acids is 1. The van der Waals surface area contributed by atoms with E-state index < -0.39 is 0 Å². The minimum absolute atomic E-state index is 0.0530. The predicted molar refractivity (Wildman–Crippen MR) is 129 cm³/mol. The number of hydrazine groups is 1. The number of carbonyl (C=O) groups is 1. The maximum Gasteiger partial charge on any atom is 0.287 e. The number of rotatable bonds is 4.